The van der Waals surface area contributed by atoms with Crippen molar-refractivity contribution < 1.29 is 14.3 Å². The van der Waals surface area contributed by atoms with Gasteiger partial charge in [0.05, 0.1) is 19.3 Å². The summed E-state index contributed by atoms with van der Waals surface area (Å²) in [5.74, 6) is 1.44. The third-order valence-electron chi connectivity index (χ3n) is 3.27. The first-order chi connectivity index (χ1) is 10.5. The number of nitrogens with two attached hydrogens (primary N) is 1. The minimum absolute atomic E-state index is 0. The number of rotatable bonds is 9. The van der Waals surface area contributed by atoms with Crippen LogP contribution in [-0.4, -0.2) is 25.2 Å². The van der Waals surface area contributed by atoms with E-state index in [9.17, 15) is 4.79 Å². The normalized spacial score (nSPS) is 12.7. The fourth-order valence-electron chi connectivity index (χ4n) is 2.09. The van der Waals surface area contributed by atoms with E-state index in [4.69, 9.17) is 15.2 Å². The first-order valence-electron chi connectivity index (χ1n) is 7.92. The van der Waals surface area contributed by atoms with Gasteiger partial charge >= 0.3 is 0 Å². The van der Waals surface area contributed by atoms with Crippen LogP contribution >= 0.6 is 12.4 Å². The molecule has 0 spiro atoms. The summed E-state index contributed by atoms with van der Waals surface area (Å²) in [6.07, 6.45) is 1.13. The largest absolute Gasteiger partial charge is 0.490 e. The van der Waals surface area contributed by atoms with Crippen LogP contribution in [0.5, 0.6) is 11.5 Å². The van der Waals surface area contributed by atoms with E-state index >= 15 is 0 Å². The smallest absolute Gasteiger partial charge is 0.220 e. The van der Waals surface area contributed by atoms with Crippen LogP contribution in [0.2, 0.25) is 0 Å². The Hall–Kier alpha value is -1.46. The summed E-state index contributed by atoms with van der Waals surface area (Å²) >= 11 is 0. The number of benzene rings is 1. The molecule has 5 nitrogen and oxygen atoms in total. The van der Waals surface area contributed by atoms with Gasteiger partial charge < -0.3 is 20.5 Å². The summed E-state index contributed by atoms with van der Waals surface area (Å²) in [5, 5.41) is 2.98. The molecule has 0 saturated heterocycles. The molecule has 6 heteroatoms. The van der Waals surface area contributed by atoms with E-state index in [0.717, 1.165) is 11.3 Å². The van der Waals surface area contributed by atoms with Crippen molar-refractivity contribution in [2.24, 2.45) is 5.73 Å². The molecular formula is C17H29ClN2O3. The summed E-state index contributed by atoms with van der Waals surface area (Å²) in [7, 11) is 0. The molecule has 0 aliphatic rings. The van der Waals surface area contributed by atoms with E-state index in [0.29, 0.717) is 31.8 Å². The Kier molecular flexibility index (Phi) is 10.4. The summed E-state index contributed by atoms with van der Waals surface area (Å²) in [4.78, 5) is 11.9. The number of ether oxygens (including phenoxy) is 2. The predicted octanol–water partition coefficient (Wildman–Crippen LogP) is 3.21. The molecule has 0 bridgehead atoms. The third kappa shape index (κ3) is 7.57. The highest BCUT2D eigenvalue weighted by atomic mass is 35.5. The van der Waals surface area contributed by atoms with Crippen LogP contribution in [0.3, 0.4) is 0 Å². The zero-order chi connectivity index (χ0) is 16.5. The molecule has 23 heavy (non-hydrogen) atoms. The van der Waals surface area contributed by atoms with Gasteiger partial charge in [0.1, 0.15) is 0 Å². The van der Waals surface area contributed by atoms with Crippen LogP contribution in [0.4, 0.5) is 0 Å². The van der Waals surface area contributed by atoms with Crippen molar-refractivity contribution in [3.8, 4) is 11.5 Å². The second-order valence-corrected chi connectivity index (χ2v) is 5.38. The van der Waals surface area contributed by atoms with Crippen molar-refractivity contribution in [3.05, 3.63) is 23.8 Å². The van der Waals surface area contributed by atoms with Gasteiger partial charge in [-0.05, 0) is 51.8 Å². The van der Waals surface area contributed by atoms with Crippen LogP contribution in [0.1, 0.15) is 52.1 Å². The van der Waals surface area contributed by atoms with Crippen LogP contribution in [0.15, 0.2) is 18.2 Å². The molecule has 0 aliphatic heterocycles. The average Bonchev–Trinajstić information content (AvgIpc) is 2.47. The molecular weight excluding hydrogens is 316 g/mol. The fraction of sp³-hybridized carbons (Fsp3) is 0.588. The lowest BCUT2D eigenvalue weighted by atomic mass is 10.1. The maximum absolute atomic E-state index is 11.9. The zero-order valence-corrected chi connectivity index (χ0v) is 15.2. The van der Waals surface area contributed by atoms with Gasteiger partial charge in [-0.25, -0.2) is 0 Å². The lowest BCUT2D eigenvalue weighted by molar-refractivity contribution is -0.121. The van der Waals surface area contributed by atoms with Crippen molar-refractivity contribution in [1.82, 2.24) is 5.32 Å². The molecule has 132 valence electrons. The number of halogens is 1. The average molecular weight is 345 g/mol. The van der Waals surface area contributed by atoms with E-state index in [2.05, 4.69) is 5.32 Å². The Bertz CT molecular complexity index is 481. The summed E-state index contributed by atoms with van der Waals surface area (Å²) < 4.78 is 11.2. The molecule has 3 N–H and O–H groups in total. The van der Waals surface area contributed by atoms with Crippen molar-refractivity contribution in [3.63, 3.8) is 0 Å². The standard InChI is InChI=1S/C17H28N2O3.ClH/c1-5-21-15-9-8-14(11-16(15)22-6-2)13(4)19-17(20)10-7-12(3)18;/h8-9,11-13H,5-7,10,18H2,1-4H3,(H,19,20);1H. The zero-order valence-electron chi connectivity index (χ0n) is 14.4. The van der Waals surface area contributed by atoms with Crippen molar-refractivity contribution in [2.75, 3.05) is 13.2 Å². The molecule has 1 rings (SSSR count). The van der Waals surface area contributed by atoms with E-state index in [1.165, 1.54) is 0 Å². The van der Waals surface area contributed by atoms with E-state index < -0.39 is 0 Å². The molecule has 1 amide bonds. The maximum atomic E-state index is 11.9. The highest BCUT2D eigenvalue weighted by molar-refractivity contribution is 5.85. The number of carbonyl (C=O) groups is 1. The molecule has 0 heterocycles. The fourth-order valence-corrected chi connectivity index (χ4v) is 2.09. The first-order valence-corrected chi connectivity index (χ1v) is 7.92. The van der Waals surface area contributed by atoms with Gasteiger partial charge in [-0.2, -0.15) is 0 Å². The summed E-state index contributed by atoms with van der Waals surface area (Å²) in [6.45, 7) is 8.88. The summed E-state index contributed by atoms with van der Waals surface area (Å²) in [5.41, 5.74) is 6.66. The van der Waals surface area contributed by atoms with E-state index in [1.807, 2.05) is 45.9 Å². The van der Waals surface area contributed by atoms with Gasteiger partial charge in [-0.3, -0.25) is 4.79 Å². The molecule has 1 aromatic carbocycles. The quantitative estimate of drug-likeness (QED) is 0.721. The molecule has 0 aliphatic carbocycles. The monoisotopic (exact) mass is 344 g/mol. The molecule has 0 fully saturated rings. The molecule has 2 atom stereocenters. The molecule has 0 radical (unpaired) electrons. The van der Waals surface area contributed by atoms with Gasteiger partial charge in [0, 0.05) is 12.5 Å². The number of nitrogens with one attached hydrogen (secondary N) is 1. The topological polar surface area (TPSA) is 73.6 Å². The highest BCUT2D eigenvalue weighted by Crippen LogP contribution is 2.30. The van der Waals surface area contributed by atoms with Crippen LogP contribution in [0.25, 0.3) is 0 Å². The van der Waals surface area contributed by atoms with Gasteiger partial charge in [0.25, 0.3) is 0 Å². The lowest BCUT2D eigenvalue weighted by Gasteiger charge is -2.18. The first kappa shape index (κ1) is 21.5. The van der Waals surface area contributed by atoms with Crippen molar-refractivity contribution in [1.29, 1.82) is 0 Å². The van der Waals surface area contributed by atoms with Crippen LogP contribution in [-0.2, 0) is 4.79 Å². The molecule has 0 aromatic heterocycles. The Labute approximate surface area is 145 Å². The Morgan fingerprint density at radius 1 is 1.17 bits per heavy atom. The van der Waals surface area contributed by atoms with Gasteiger partial charge in [-0.15, -0.1) is 12.4 Å². The van der Waals surface area contributed by atoms with Crippen molar-refractivity contribution in [2.45, 2.75) is 52.6 Å². The molecule has 0 saturated carbocycles. The van der Waals surface area contributed by atoms with Gasteiger partial charge in [0.2, 0.25) is 5.91 Å². The Morgan fingerprint density at radius 3 is 2.35 bits per heavy atom. The molecule has 1 aromatic rings. The van der Waals surface area contributed by atoms with Gasteiger partial charge in [0.15, 0.2) is 11.5 Å². The number of hydrogen-bond donors (Lipinski definition) is 2. The van der Waals surface area contributed by atoms with E-state index in [-0.39, 0.29) is 30.4 Å². The highest BCUT2D eigenvalue weighted by Gasteiger charge is 2.13. The lowest BCUT2D eigenvalue weighted by Crippen LogP contribution is -2.28. The Morgan fingerprint density at radius 2 is 1.78 bits per heavy atom. The second-order valence-electron chi connectivity index (χ2n) is 5.38. The predicted molar refractivity (Wildman–Crippen MR) is 95.5 cm³/mol. The molecule has 2 unspecified atom stereocenters. The number of carbonyl (C=O) groups excluding carboxylic acids is 1. The van der Waals surface area contributed by atoms with Crippen molar-refractivity contribution >= 4 is 18.3 Å². The number of hydrogen-bond acceptors (Lipinski definition) is 4. The second kappa shape index (κ2) is 11.1. The Balaban J connectivity index is 0.00000484. The maximum Gasteiger partial charge on any atom is 0.220 e. The third-order valence-corrected chi connectivity index (χ3v) is 3.27. The van der Waals surface area contributed by atoms with Gasteiger partial charge in [-0.1, -0.05) is 6.07 Å². The minimum atomic E-state index is -0.0875. The SMILES string of the molecule is CCOc1ccc(C(C)NC(=O)CCC(C)N)cc1OCC.Cl. The summed E-state index contributed by atoms with van der Waals surface area (Å²) in [6, 6.07) is 5.70. The van der Waals surface area contributed by atoms with Crippen LogP contribution in [0, 0.1) is 0 Å². The van der Waals surface area contributed by atoms with Crippen LogP contribution < -0.4 is 20.5 Å². The van der Waals surface area contributed by atoms with E-state index in [1.54, 1.807) is 0 Å². The number of amides is 1. The minimum Gasteiger partial charge on any atom is -0.490 e.